The fourth-order valence-corrected chi connectivity index (χ4v) is 14.0. The maximum atomic E-state index is 6.52. The maximum absolute atomic E-state index is 6.52. The third-order valence-electron chi connectivity index (χ3n) is 16.9. The quantitative estimate of drug-likeness (QED) is 0.136. The lowest BCUT2D eigenvalue weighted by atomic mass is 9.79. The van der Waals surface area contributed by atoms with Crippen molar-refractivity contribution in [2.24, 2.45) is 0 Å². The van der Waals surface area contributed by atoms with E-state index in [-0.39, 0.29) is 11.2 Å². The third kappa shape index (κ3) is 11.4. The van der Waals surface area contributed by atoms with Gasteiger partial charge >= 0.3 is 7.12 Å². The standard InChI is InChI=1S/C36H22N4S.C27H26BN3O2.C15H8ClNS/c1-3-11-24(12-4-1)34-38-35(25-13-5-2-6-14-25)40-36(39-34)26-21-19-23(20-22-26)31-27-15-7-9-17-29(27)37-32-28-16-8-10-18-30(28)41-33(31)32;1-26(2)27(3,4)33-28(32-26)22-17-15-21(16-18-22)25-30-23(19-11-7-5-8-12-19)29-24(31-25)20-13-9-6-10-14-20;16-13-9-5-1-3-7-11(9)17-14-10-6-2-4-8-12(10)18-15(13)14/h1-22H;5-18H,1-4H3;1-8H. The predicted molar refractivity (Wildman–Crippen MR) is 381 cm³/mol. The molecule has 16 aromatic rings. The third-order valence-corrected chi connectivity index (χ3v) is 19.7. The van der Waals surface area contributed by atoms with Crippen LogP contribution in [0.1, 0.15) is 27.7 Å². The number of thiophene rings is 2. The molecule has 10 aromatic carbocycles. The van der Waals surface area contributed by atoms with Gasteiger partial charge in [0.25, 0.3) is 0 Å². The number of benzene rings is 10. The van der Waals surface area contributed by atoms with Gasteiger partial charge in [0.05, 0.1) is 47.7 Å². The summed E-state index contributed by atoms with van der Waals surface area (Å²) in [7, 11) is -0.401. The Kier molecular flexibility index (Phi) is 15.5. The molecule has 17 rings (SSSR count). The van der Waals surface area contributed by atoms with Crippen molar-refractivity contribution in [2.75, 3.05) is 0 Å². The topological polar surface area (TPSA) is 122 Å². The van der Waals surface area contributed by atoms with E-state index in [1.54, 1.807) is 22.7 Å². The van der Waals surface area contributed by atoms with Crippen LogP contribution < -0.4 is 5.46 Å². The highest BCUT2D eigenvalue weighted by molar-refractivity contribution is 7.26. The van der Waals surface area contributed by atoms with Crippen LogP contribution in [0, 0.1) is 0 Å². The van der Waals surface area contributed by atoms with Crippen LogP contribution >= 0.6 is 34.3 Å². The fraction of sp³-hybridized carbons (Fsp3) is 0.0769. The largest absolute Gasteiger partial charge is 0.494 e. The Hall–Kier alpha value is -10.2. The second-order valence-electron chi connectivity index (χ2n) is 23.4. The molecule has 1 aliphatic heterocycles. The first-order valence-electron chi connectivity index (χ1n) is 30.3. The van der Waals surface area contributed by atoms with E-state index >= 15 is 0 Å². The highest BCUT2D eigenvalue weighted by Crippen LogP contribution is 2.44. The van der Waals surface area contributed by atoms with E-state index in [2.05, 4.69) is 113 Å². The maximum Gasteiger partial charge on any atom is 0.494 e. The van der Waals surface area contributed by atoms with E-state index in [0.717, 1.165) is 87.0 Å². The summed E-state index contributed by atoms with van der Waals surface area (Å²) in [5, 5.41) is 5.38. The summed E-state index contributed by atoms with van der Waals surface area (Å²) in [6.07, 6.45) is 0. The molecular formula is C78H56BClN8O2S2. The van der Waals surface area contributed by atoms with Gasteiger partial charge in [-0.15, -0.1) is 22.7 Å². The molecule has 0 unspecified atom stereocenters. The van der Waals surface area contributed by atoms with E-state index in [0.29, 0.717) is 34.9 Å². The van der Waals surface area contributed by atoms with Crippen molar-refractivity contribution in [1.82, 2.24) is 39.9 Å². The molecular weight excluding hydrogens is 1190 g/mol. The minimum Gasteiger partial charge on any atom is -0.399 e. The molecule has 1 aliphatic rings. The number of pyridine rings is 2. The van der Waals surface area contributed by atoms with E-state index < -0.39 is 7.12 Å². The summed E-state index contributed by atoms with van der Waals surface area (Å²) in [5.74, 6) is 3.89. The molecule has 6 aromatic heterocycles. The minimum atomic E-state index is -0.401. The molecule has 1 saturated heterocycles. The number of fused-ring (bicyclic) bond motifs is 8. The number of nitrogens with zero attached hydrogens (tertiary/aromatic N) is 8. The van der Waals surface area contributed by atoms with Gasteiger partial charge < -0.3 is 9.31 Å². The lowest BCUT2D eigenvalue weighted by molar-refractivity contribution is 0.00578. The van der Waals surface area contributed by atoms with Gasteiger partial charge in [0.15, 0.2) is 34.9 Å². The van der Waals surface area contributed by atoms with Crippen LogP contribution in [0.4, 0.5) is 0 Å². The molecule has 0 aliphatic carbocycles. The van der Waals surface area contributed by atoms with Gasteiger partial charge in [0.2, 0.25) is 0 Å². The Morgan fingerprint density at radius 2 is 0.609 bits per heavy atom. The molecule has 0 radical (unpaired) electrons. The number of rotatable bonds is 8. The van der Waals surface area contributed by atoms with Crippen LogP contribution in [0.15, 0.2) is 267 Å². The number of hydrogen-bond acceptors (Lipinski definition) is 12. The molecule has 0 bridgehead atoms. The highest BCUT2D eigenvalue weighted by atomic mass is 35.5. The monoisotopic (exact) mass is 1250 g/mol. The molecule has 10 nitrogen and oxygen atoms in total. The Morgan fingerprint density at radius 1 is 0.304 bits per heavy atom. The van der Waals surface area contributed by atoms with Crippen molar-refractivity contribution in [1.29, 1.82) is 0 Å². The first-order valence-corrected chi connectivity index (χ1v) is 32.4. The average Bonchev–Trinajstić information content (AvgIpc) is 1.56. The Bertz CT molecular complexity index is 5240. The molecule has 1 fully saturated rings. The van der Waals surface area contributed by atoms with Crippen LogP contribution in [0.5, 0.6) is 0 Å². The summed E-state index contributed by atoms with van der Waals surface area (Å²) in [6.45, 7) is 8.23. The molecule has 7 heterocycles. The molecule has 0 saturated carbocycles. The van der Waals surface area contributed by atoms with Crippen LogP contribution in [-0.4, -0.2) is 58.2 Å². The van der Waals surface area contributed by atoms with Crippen LogP contribution in [0.25, 0.3) is 142 Å². The number of aromatic nitrogens is 8. The molecule has 92 heavy (non-hydrogen) atoms. The average molecular weight is 1250 g/mol. The minimum absolute atomic E-state index is 0.375. The molecule has 0 amide bonds. The van der Waals surface area contributed by atoms with Crippen molar-refractivity contribution in [3.63, 3.8) is 0 Å². The fourth-order valence-electron chi connectivity index (χ4n) is 11.3. The molecule has 442 valence electrons. The van der Waals surface area contributed by atoms with E-state index in [1.165, 1.54) is 30.4 Å². The van der Waals surface area contributed by atoms with E-state index in [4.69, 9.17) is 60.8 Å². The number of para-hydroxylation sites is 2. The van der Waals surface area contributed by atoms with Gasteiger partial charge in [-0.2, -0.15) is 0 Å². The van der Waals surface area contributed by atoms with Gasteiger partial charge in [-0.1, -0.05) is 254 Å². The normalized spacial score (nSPS) is 13.3. The van der Waals surface area contributed by atoms with Crippen molar-refractivity contribution in [3.8, 4) is 79.5 Å². The first-order chi connectivity index (χ1) is 45.0. The van der Waals surface area contributed by atoms with Crippen LogP contribution in [0.3, 0.4) is 0 Å². The van der Waals surface area contributed by atoms with Gasteiger partial charge in [-0.3, -0.25) is 0 Å². The zero-order chi connectivity index (χ0) is 62.3. The Balaban J connectivity index is 0.000000123. The first kappa shape index (κ1) is 58.1. The second kappa shape index (κ2) is 24.5. The van der Waals surface area contributed by atoms with Crippen molar-refractivity contribution in [3.05, 3.63) is 272 Å². The number of hydrogen-bond donors (Lipinski definition) is 0. The van der Waals surface area contributed by atoms with E-state index in [1.807, 2.05) is 182 Å². The molecule has 14 heteroatoms. The molecule has 0 spiro atoms. The zero-order valence-corrected chi connectivity index (χ0v) is 53.0. The zero-order valence-electron chi connectivity index (χ0n) is 50.6. The van der Waals surface area contributed by atoms with E-state index in [9.17, 15) is 0 Å². The Labute approximate surface area is 545 Å². The smallest absolute Gasteiger partial charge is 0.399 e. The van der Waals surface area contributed by atoms with Crippen LogP contribution in [0.2, 0.25) is 5.02 Å². The van der Waals surface area contributed by atoms with Crippen molar-refractivity contribution >= 4 is 109 Å². The summed E-state index contributed by atoms with van der Waals surface area (Å²) in [4.78, 5) is 38.8. The summed E-state index contributed by atoms with van der Waals surface area (Å²) >= 11 is 10.0. The van der Waals surface area contributed by atoms with Gasteiger partial charge in [-0.05, 0) is 63.0 Å². The lowest BCUT2D eigenvalue weighted by Gasteiger charge is -2.32. The summed E-state index contributed by atoms with van der Waals surface area (Å²) < 4.78 is 17.1. The highest BCUT2D eigenvalue weighted by Gasteiger charge is 2.51. The Morgan fingerprint density at radius 3 is 1.03 bits per heavy atom. The number of halogens is 1. The predicted octanol–water partition coefficient (Wildman–Crippen LogP) is 19.9. The van der Waals surface area contributed by atoms with Gasteiger partial charge in [0, 0.05) is 69.9 Å². The van der Waals surface area contributed by atoms with Gasteiger partial charge in [0.1, 0.15) is 0 Å². The molecule has 0 atom stereocenters. The van der Waals surface area contributed by atoms with Crippen molar-refractivity contribution < 1.29 is 9.31 Å². The van der Waals surface area contributed by atoms with Gasteiger partial charge in [-0.25, -0.2) is 39.9 Å². The summed E-state index contributed by atoms with van der Waals surface area (Å²) in [6, 6.07) is 90.0. The van der Waals surface area contributed by atoms with Crippen molar-refractivity contribution in [2.45, 2.75) is 38.9 Å². The SMILES string of the molecule is CC1(C)OB(c2ccc(-c3nc(-c4ccccc4)nc(-c4ccccc4)n3)cc2)OC1(C)C.Clc1c2ccccc2nc2c1sc1ccccc12.c1ccc(-c2nc(-c3ccccc3)nc(-c3ccc(-c4c5ccccc5nc5c4sc4ccccc45)cc3)n2)cc1. The summed E-state index contributed by atoms with van der Waals surface area (Å²) in [5.41, 5.74) is 12.3. The molecule has 0 N–H and O–H groups in total. The second-order valence-corrected chi connectivity index (χ2v) is 25.8. The van der Waals surface area contributed by atoms with Crippen LogP contribution in [-0.2, 0) is 9.31 Å². The lowest BCUT2D eigenvalue weighted by Crippen LogP contribution is -2.41.